The minimum atomic E-state index is -0.0318. The number of amides is 1. The second kappa shape index (κ2) is 10.8. The molecular weight excluding hydrogens is 328 g/mol. The van der Waals surface area contributed by atoms with Crippen LogP contribution in [0.3, 0.4) is 0 Å². The highest BCUT2D eigenvalue weighted by molar-refractivity contribution is 5.84. The molecule has 1 rings (SSSR count). The number of carbonyl (C=O) groups is 1. The normalized spacial score (nSPS) is 12.0. The number of ether oxygens (including phenoxy) is 1. The first-order chi connectivity index (χ1) is 12.2. The number of carbonyl (C=O) groups excluding carboxylic acids is 1. The number of nitrogens with zero attached hydrogens (tertiary/aromatic N) is 2. The fourth-order valence-corrected chi connectivity index (χ4v) is 2.23. The molecule has 1 aromatic carbocycles. The van der Waals surface area contributed by atoms with Gasteiger partial charge in [-0.3, -0.25) is 4.79 Å². The van der Waals surface area contributed by atoms with Crippen molar-refractivity contribution >= 4 is 11.9 Å². The second-order valence-electron chi connectivity index (χ2n) is 7.50. The van der Waals surface area contributed by atoms with Crippen molar-refractivity contribution in [3.05, 3.63) is 35.4 Å². The summed E-state index contributed by atoms with van der Waals surface area (Å²) in [6.45, 7) is 8.72. The first-order valence-corrected chi connectivity index (χ1v) is 9.04. The number of nitrogens with one attached hydrogen (secondary N) is 2. The first-order valence-electron chi connectivity index (χ1n) is 9.04. The quantitative estimate of drug-likeness (QED) is 0.420. The van der Waals surface area contributed by atoms with E-state index in [1.807, 2.05) is 0 Å². The molecule has 0 saturated heterocycles. The van der Waals surface area contributed by atoms with Gasteiger partial charge in [0.25, 0.3) is 0 Å². The molecule has 0 unspecified atom stereocenters. The number of hydrogen-bond acceptors (Lipinski definition) is 3. The van der Waals surface area contributed by atoms with Crippen molar-refractivity contribution in [3.63, 3.8) is 0 Å². The fourth-order valence-electron chi connectivity index (χ4n) is 2.23. The molecule has 6 nitrogen and oxygen atoms in total. The van der Waals surface area contributed by atoms with E-state index >= 15 is 0 Å². The van der Waals surface area contributed by atoms with Gasteiger partial charge < -0.3 is 20.3 Å². The van der Waals surface area contributed by atoms with E-state index in [9.17, 15) is 4.79 Å². The average Bonchev–Trinajstić information content (AvgIpc) is 2.58. The van der Waals surface area contributed by atoms with E-state index in [1.54, 1.807) is 21.2 Å². The molecular formula is C20H34N4O2. The highest BCUT2D eigenvalue weighted by atomic mass is 16.5. The Labute approximate surface area is 158 Å². The Balaban J connectivity index is 2.56. The van der Waals surface area contributed by atoms with Gasteiger partial charge in [-0.15, -0.1) is 0 Å². The summed E-state index contributed by atoms with van der Waals surface area (Å²) in [6.07, 6.45) is 0.886. The molecule has 0 aliphatic carbocycles. The molecule has 2 N–H and O–H groups in total. The lowest BCUT2D eigenvalue weighted by molar-refractivity contribution is -0.127. The number of likely N-dealkylation sites (N-methyl/N-ethyl adjacent to an activating group) is 1. The van der Waals surface area contributed by atoms with Gasteiger partial charge in [-0.1, -0.05) is 45.0 Å². The van der Waals surface area contributed by atoms with Crippen LogP contribution < -0.4 is 10.6 Å². The Morgan fingerprint density at radius 1 is 1.12 bits per heavy atom. The predicted molar refractivity (Wildman–Crippen MR) is 108 cm³/mol. The van der Waals surface area contributed by atoms with Crippen molar-refractivity contribution in [1.29, 1.82) is 0 Å². The number of rotatable bonds is 8. The van der Waals surface area contributed by atoms with Gasteiger partial charge in [-0.25, -0.2) is 4.99 Å². The summed E-state index contributed by atoms with van der Waals surface area (Å²) < 4.78 is 5.05. The standard InChI is InChI=1S/C20H34N4O2/c1-20(2,3)17-9-7-16(8-10-17)11-12-21-19(22-13-14-26-6)23-15-18(25)24(4)5/h7-10H,11-15H2,1-6H3,(H2,21,22,23). The van der Waals surface area contributed by atoms with E-state index in [2.05, 4.69) is 60.7 Å². The van der Waals surface area contributed by atoms with Crippen LogP contribution in [0.5, 0.6) is 0 Å². The van der Waals surface area contributed by atoms with Crippen LogP contribution in [0.1, 0.15) is 31.9 Å². The lowest BCUT2D eigenvalue weighted by Gasteiger charge is -2.19. The summed E-state index contributed by atoms with van der Waals surface area (Å²) in [5.41, 5.74) is 2.77. The molecule has 0 fully saturated rings. The summed E-state index contributed by atoms with van der Waals surface area (Å²) >= 11 is 0. The lowest BCUT2D eigenvalue weighted by Crippen LogP contribution is -2.40. The molecule has 0 aliphatic heterocycles. The molecule has 0 radical (unpaired) electrons. The second-order valence-corrected chi connectivity index (χ2v) is 7.50. The molecule has 0 bridgehead atoms. The SMILES string of the molecule is COCCNC(=NCC(=O)N(C)C)NCCc1ccc(C(C)(C)C)cc1. The van der Waals surface area contributed by atoms with Crippen LogP contribution in [0.4, 0.5) is 0 Å². The predicted octanol–water partition coefficient (Wildman–Crippen LogP) is 1.80. The highest BCUT2D eigenvalue weighted by Gasteiger charge is 2.12. The van der Waals surface area contributed by atoms with Gasteiger partial charge in [0, 0.05) is 34.3 Å². The average molecular weight is 363 g/mol. The molecule has 0 aliphatic rings. The molecule has 26 heavy (non-hydrogen) atoms. The molecule has 1 amide bonds. The van der Waals surface area contributed by atoms with Crippen molar-refractivity contribution in [2.75, 3.05) is 47.4 Å². The maximum absolute atomic E-state index is 11.7. The monoisotopic (exact) mass is 362 g/mol. The highest BCUT2D eigenvalue weighted by Crippen LogP contribution is 2.22. The third-order valence-corrected chi connectivity index (χ3v) is 4.00. The van der Waals surface area contributed by atoms with Crippen LogP contribution in [0.15, 0.2) is 29.3 Å². The Bertz CT molecular complexity index is 574. The minimum Gasteiger partial charge on any atom is -0.383 e. The van der Waals surface area contributed by atoms with Crippen molar-refractivity contribution in [1.82, 2.24) is 15.5 Å². The topological polar surface area (TPSA) is 66.0 Å². The van der Waals surface area contributed by atoms with Crippen molar-refractivity contribution in [3.8, 4) is 0 Å². The fraction of sp³-hybridized carbons (Fsp3) is 0.600. The molecule has 0 aromatic heterocycles. The van der Waals surface area contributed by atoms with Gasteiger partial charge in [0.05, 0.1) is 6.61 Å². The van der Waals surface area contributed by atoms with Crippen LogP contribution >= 0.6 is 0 Å². The summed E-state index contributed by atoms with van der Waals surface area (Å²) in [5.74, 6) is 0.596. The van der Waals surface area contributed by atoms with Crippen LogP contribution in [-0.2, 0) is 21.4 Å². The Hall–Kier alpha value is -2.08. The molecule has 6 heteroatoms. The van der Waals surface area contributed by atoms with Crippen molar-refractivity contribution in [2.45, 2.75) is 32.6 Å². The van der Waals surface area contributed by atoms with Gasteiger partial charge in [-0.05, 0) is 23.0 Å². The van der Waals surface area contributed by atoms with Crippen LogP contribution in [0.25, 0.3) is 0 Å². The van der Waals surface area contributed by atoms with Crippen LogP contribution in [0.2, 0.25) is 0 Å². The third kappa shape index (κ3) is 8.34. The summed E-state index contributed by atoms with van der Waals surface area (Å²) in [5, 5.41) is 6.45. The smallest absolute Gasteiger partial charge is 0.243 e. The Morgan fingerprint density at radius 2 is 1.73 bits per heavy atom. The molecule has 1 aromatic rings. The molecule has 146 valence electrons. The third-order valence-electron chi connectivity index (χ3n) is 4.00. The van der Waals surface area contributed by atoms with E-state index in [0.29, 0.717) is 19.1 Å². The van der Waals surface area contributed by atoms with E-state index in [4.69, 9.17) is 4.74 Å². The molecule has 0 spiro atoms. The summed E-state index contributed by atoms with van der Waals surface area (Å²) in [7, 11) is 5.11. The summed E-state index contributed by atoms with van der Waals surface area (Å²) in [4.78, 5) is 17.6. The van der Waals surface area contributed by atoms with Gasteiger partial charge >= 0.3 is 0 Å². The van der Waals surface area contributed by atoms with E-state index in [1.165, 1.54) is 16.0 Å². The van der Waals surface area contributed by atoms with Gasteiger partial charge in [-0.2, -0.15) is 0 Å². The van der Waals surface area contributed by atoms with Crippen molar-refractivity contribution < 1.29 is 9.53 Å². The number of benzene rings is 1. The molecule has 0 atom stereocenters. The van der Waals surface area contributed by atoms with E-state index < -0.39 is 0 Å². The molecule has 0 heterocycles. The zero-order chi connectivity index (χ0) is 19.6. The zero-order valence-corrected chi connectivity index (χ0v) is 17.1. The summed E-state index contributed by atoms with van der Waals surface area (Å²) in [6, 6.07) is 8.73. The number of aliphatic imine (C=N–C) groups is 1. The minimum absolute atomic E-state index is 0.0318. The number of methoxy groups -OCH3 is 1. The Kier molecular flexibility index (Phi) is 9.13. The number of guanidine groups is 1. The lowest BCUT2D eigenvalue weighted by atomic mass is 9.86. The van der Waals surface area contributed by atoms with E-state index in [0.717, 1.165) is 13.0 Å². The van der Waals surface area contributed by atoms with Gasteiger partial charge in [0.15, 0.2) is 5.96 Å². The maximum atomic E-state index is 11.7. The van der Waals surface area contributed by atoms with Crippen LogP contribution in [0, 0.1) is 0 Å². The molecule has 0 saturated carbocycles. The van der Waals surface area contributed by atoms with Crippen molar-refractivity contribution in [2.24, 2.45) is 4.99 Å². The maximum Gasteiger partial charge on any atom is 0.243 e. The van der Waals surface area contributed by atoms with E-state index in [-0.39, 0.29) is 17.9 Å². The Morgan fingerprint density at radius 3 is 2.27 bits per heavy atom. The first kappa shape index (κ1) is 22.0. The van der Waals surface area contributed by atoms with Gasteiger partial charge in [0.1, 0.15) is 6.54 Å². The largest absolute Gasteiger partial charge is 0.383 e. The number of hydrogen-bond donors (Lipinski definition) is 2. The zero-order valence-electron chi connectivity index (χ0n) is 17.1. The van der Waals surface area contributed by atoms with Crippen LogP contribution in [-0.4, -0.2) is 64.2 Å². The van der Waals surface area contributed by atoms with Gasteiger partial charge in [0.2, 0.25) is 5.91 Å².